The molecule has 1 aromatic heterocycles. The largest absolute Gasteiger partial charge is 0.454 e. The molecule has 0 aliphatic heterocycles. The zero-order valence-corrected chi connectivity index (χ0v) is 11.0. The molecule has 16 heavy (non-hydrogen) atoms. The normalized spacial score (nSPS) is 11.4. The van der Waals surface area contributed by atoms with Crippen molar-refractivity contribution in [2.75, 3.05) is 0 Å². The lowest BCUT2D eigenvalue weighted by molar-refractivity contribution is 0.669. The van der Waals surface area contributed by atoms with Crippen LogP contribution in [0.1, 0.15) is 0 Å². The lowest BCUT2D eigenvalue weighted by Crippen LogP contribution is -1.69. The van der Waals surface area contributed by atoms with E-state index in [1.54, 1.807) is 6.07 Å². The van der Waals surface area contributed by atoms with E-state index in [9.17, 15) is 0 Å². The van der Waals surface area contributed by atoms with Gasteiger partial charge in [-0.2, -0.15) is 0 Å². The number of hydrogen-bond acceptors (Lipinski definition) is 1. The third kappa shape index (κ3) is 1.53. The Morgan fingerprint density at radius 2 is 1.81 bits per heavy atom. The highest BCUT2D eigenvalue weighted by Gasteiger charge is 2.11. The second-order valence-corrected chi connectivity index (χ2v) is 5.27. The lowest BCUT2D eigenvalue weighted by atomic mass is 10.1. The van der Waals surface area contributed by atoms with Gasteiger partial charge in [-0.1, -0.05) is 39.1 Å². The number of benzene rings is 2. The molecule has 80 valence electrons. The molecule has 0 fully saturated rings. The van der Waals surface area contributed by atoms with Crippen LogP contribution < -0.4 is 0 Å². The first-order chi connectivity index (χ1) is 7.65. The number of hydrogen-bond donors (Lipinski definition) is 0. The second kappa shape index (κ2) is 3.66. The van der Waals surface area contributed by atoms with E-state index in [-0.39, 0.29) is 0 Å². The summed E-state index contributed by atoms with van der Waals surface area (Å²) in [6, 6.07) is 9.41. The third-order valence-electron chi connectivity index (χ3n) is 2.45. The van der Waals surface area contributed by atoms with Crippen molar-refractivity contribution < 1.29 is 4.42 Å². The Morgan fingerprint density at radius 3 is 2.62 bits per heavy atom. The molecule has 4 heteroatoms. The average molecular weight is 316 g/mol. The van der Waals surface area contributed by atoms with Crippen LogP contribution in [-0.4, -0.2) is 0 Å². The molecule has 2 aromatic carbocycles. The monoisotopic (exact) mass is 314 g/mol. The van der Waals surface area contributed by atoms with Crippen LogP contribution in [-0.2, 0) is 0 Å². The van der Waals surface area contributed by atoms with E-state index < -0.39 is 0 Å². The zero-order valence-electron chi connectivity index (χ0n) is 7.93. The van der Waals surface area contributed by atoms with Gasteiger partial charge in [-0.25, -0.2) is 0 Å². The highest BCUT2D eigenvalue weighted by atomic mass is 79.9. The van der Waals surface area contributed by atoms with E-state index in [4.69, 9.17) is 27.6 Å². The molecule has 3 aromatic rings. The zero-order chi connectivity index (χ0) is 11.3. The van der Waals surface area contributed by atoms with Gasteiger partial charge in [0.2, 0.25) is 0 Å². The molecule has 0 amide bonds. The summed E-state index contributed by atoms with van der Waals surface area (Å²) >= 11 is 15.5. The van der Waals surface area contributed by atoms with Crippen molar-refractivity contribution in [3.8, 4) is 0 Å². The Bertz CT molecular complexity index is 703. The minimum atomic E-state index is 0.537. The van der Waals surface area contributed by atoms with Gasteiger partial charge < -0.3 is 4.42 Å². The van der Waals surface area contributed by atoms with Gasteiger partial charge in [-0.3, -0.25) is 0 Å². The first-order valence-electron chi connectivity index (χ1n) is 4.62. The van der Waals surface area contributed by atoms with E-state index in [1.165, 1.54) is 0 Å². The molecular formula is C12H5BrCl2O. The minimum Gasteiger partial charge on any atom is -0.454 e. The molecular weight excluding hydrogens is 311 g/mol. The topological polar surface area (TPSA) is 13.1 Å². The maximum Gasteiger partial charge on any atom is 0.154 e. The van der Waals surface area contributed by atoms with Crippen LogP contribution in [0.4, 0.5) is 0 Å². The molecule has 0 N–H and O–H groups in total. The van der Waals surface area contributed by atoms with Crippen molar-refractivity contribution in [2.24, 2.45) is 0 Å². The van der Waals surface area contributed by atoms with Crippen LogP contribution in [0.5, 0.6) is 0 Å². The first-order valence-corrected chi connectivity index (χ1v) is 6.17. The Hall–Kier alpha value is -0.700. The predicted molar refractivity (Wildman–Crippen MR) is 71.4 cm³/mol. The third-order valence-corrected chi connectivity index (χ3v) is 3.45. The van der Waals surface area contributed by atoms with Gasteiger partial charge in [0, 0.05) is 20.3 Å². The van der Waals surface area contributed by atoms with Crippen LogP contribution in [0.25, 0.3) is 21.9 Å². The Labute approximate surface area is 110 Å². The van der Waals surface area contributed by atoms with Crippen LogP contribution in [0.3, 0.4) is 0 Å². The quantitative estimate of drug-likeness (QED) is 0.522. The number of furan rings is 1. The van der Waals surface area contributed by atoms with Crippen LogP contribution in [0.15, 0.2) is 39.2 Å². The SMILES string of the molecule is Clc1cc(Cl)c2oc3cc(Br)ccc3c2c1. The van der Waals surface area contributed by atoms with E-state index in [2.05, 4.69) is 15.9 Å². The van der Waals surface area contributed by atoms with Crippen LogP contribution >= 0.6 is 39.1 Å². The number of fused-ring (bicyclic) bond motifs is 3. The summed E-state index contributed by atoms with van der Waals surface area (Å²) in [5, 5.41) is 3.11. The lowest BCUT2D eigenvalue weighted by Gasteiger charge is -1.93. The molecule has 0 spiro atoms. The van der Waals surface area contributed by atoms with Crippen molar-refractivity contribution in [2.45, 2.75) is 0 Å². The van der Waals surface area contributed by atoms with Gasteiger partial charge in [0.15, 0.2) is 5.58 Å². The highest BCUT2D eigenvalue weighted by Crippen LogP contribution is 2.36. The summed E-state index contributed by atoms with van der Waals surface area (Å²) in [6.07, 6.45) is 0. The standard InChI is InChI=1S/C12H5BrCl2O/c13-6-1-2-8-9-4-7(14)5-10(15)12(9)16-11(8)3-6/h1-5H. The minimum absolute atomic E-state index is 0.537. The average Bonchev–Trinajstić information content (AvgIpc) is 2.56. The van der Waals surface area contributed by atoms with Gasteiger partial charge in [0.1, 0.15) is 5.58 Å². The van der Waals surface area contributed by atoms with Crippen molar-refractivity contribution in [3.05, 3.63) is 44.8 Å². The summed E-state index contributed by atoms with van der Waals surface area (Å²) in [6.45, 7) is 0. The molecule has 0 bridgehead atoms. The smallest absolute Gasteiger partial charge is 0.154 e. The van der Waals surface area contributed by atoms with Gasteiger partial charge >= 0.3 is 0 Å². The molecule has 0 saturated heterocycles. The molecule has 0 radical (unpaired) electrons. The molecule has 1 nitrogen and oxygen atoms in total. The predicted octanol–water partition coefficient (Wildman–Crippen LogP) is 5.66. The van der Waals surface area contributed by atoms with Crippen molar-refractivity contribution in [3.63, 3.8) is 0 Å². The Morgan fingerprint density at radius 1 is 1.00 bits per heavy atom. The van der Waals surface area contributed by atoms with Crippen LogP contribution in [0, 0.1) is 0 Å². The molecule has 1 heterocycles. The summed E-state index contributed by atoms with van der Waals surface area (Å²) in [7, 11) is 0. The van der Waals surface area contributed by atoms with Crippen molar-refractivity contribution >= 4 is 61.1 Å². The molecule has 0 unspecified atom stereocenters. The molecule has 3 rings (SSSR count). The highest BCUT2D eigenvalue weighted by molar-refractivity contribution is 9.10. The molecule has 0 saturated carbocycles. The van der Waals surface area contributed by atoms with Gasteiger partial charge in [0.05, 0.1) is 5.02 Å². The number of halogens is 3. The fraction of sp³-hybridized carbons (Fsp3) is 0. The van der Waals surface area contributed by atoms with E-state index >= 15 is 0 Å². The van der Waals surface area contributed by atoms with E-state index in [0.717, 1.165) is 20.8 Å². The van der Waals surface area contributed by atoms with Gasteiger partial charge in [0.25, 0.3) is 0 Å². The second-order valence-electron chi connectivity index (χ2n) is 3.51. The first kappa shape index (κ1) is 10.5. The van der Waals surface area contributed by atoms with Crippen molar-refractivity contribution in [1.82, 2.24) is 0 Å². The maximum absolute atomic E-state index is 6.08. The van der Waals surface area contributed by atoms with E-state index in [0.29, 0.717) is 15.6 Å². The Balaban J connectivity index is 2.55. The fourth-order valence-corrected chi connectivity index (χ4v) is 2.65. The molecule has 0 aliphatic rings. The Kier molecular flexibility index (Phi) is 2.39. The summed E-state index contributed by atoms with van der Waals surface area (Å²) in [5.74, 6) is 0. The van der Waals surface area contributed by atoms with Crippen LogP contribution in [0.2, 0.25) is 10.0 Å². The fourth-order valence-electron chi connectivity index (χ4n) is 1.78. The van der Waals surface area contributed by atoms with E-state index in [1.807, 2.05) is 24.3 Å². The van der Waals surface area contributed by atoms with Gasteiger partial charge in [-0.05, 0) is 30.3 Å². The summed E-state index contributed by atoms with van der Waals surface area (Å²) in [4.78, 5) is 0. The summed E-state index contributed by atoms with van der Waals surface area (Å²) < 4.78 is 6.67. The maximum atomic E-state index is 6.08. The van der Waals surface area contributed by atoms with Gasteiger partial charge in [-0.15, -0.1) is 0 Å². The van der Waals surface area contributed by atoms with Crippen molar-refractivity contribution in [1.29, 1.82) is 0 Å². The summed E-state index contributed by atoms with van der Waals surface area (Å²) in [5.41, 5.74) is 1.48. The number of rotatable bonds is 0. The molecule has 0 aliphatic carbocycles. The molecule has 0 atom stereocenters.